The molecule has 0 atom stereocenters. The molecule has 0 amide bonds. The fraction of sp³-hybridized carbons (Fsp3) is 0. The van der Waals surface area contributed by atoms with Crippen molar-refractivity contribution in [1.29, 1.82) is 0 Å². The fourth-order valence-electron chi connectivity index (χ4n) is 1.74. The zero-order valence-corrected chi connectivity index (χ0v) is 12.4. The molecule has 1 aromatic carbocycles. The summed E-state index contributed by atoms with van der Waals surface area (Å²) < 4.78 is 54.3. The zero-order chi connectivity index (χ0) is 15.2. The van der Waals surface area contributed by atoms with Crippen LogP contribution in [0.5, 0.6) is 0 Å². The minimum Gasteiger partial charge on any atom is -0.278 e. The van der Waals surface area contributed by atoms with Gasteiger partial charge in [0.25, 0.3) is 10.0 Å². The highest BCUT2D eigenvalue weighted by atomic mass is 35.5. The Morgan fingerprint density at radius 3 is 2.81 bits per heavy atom. The molecular weight excluding hydrogens is 344 g/mol. The Labute approximate surface area is 126 Å². The van der Waals surface area contributed by atoms with Crippen molar-refractivity contribution in [2.24, 2.45) is 0 Å². The molecule has 0 fully saturated rings. The molecule has 5 nitrogen and oxygen atoms in total. The van der Waals surface area contributed by atoms with Crippen LogP contribution in [0.15, 0.2) is 34.8 Å². The minimum atomic E-state index is -4.17. The topological polar surface area (TPSA) is 63.5 Å². The van der Waals surface area contributed by atoms with Crippen molar-refractivity contribution in [3.05, 3.63) is 46.6 Å². The standard InChI is InChI=1S/C11H6ClF2N3O2S2/c12-9-10(17-3-4-20-11(17)15-9)21(18,19)16-8-2-1-6(13)5-7(8)14/h1-5,16H. The van der Waals surface area contributed by atoms with Gasteiger partial charge in [-0.15, -0.1) is 11.3 Å². The van der Waals surface area contributed by atoms with E-state index in [9.17, 15) is 17.2 Å². The van der Waals surface area contributed by atoms with E-state index >= 15 is 0 Å². The van der Waals surface area contributed by atoms with E-state index in [1.165, 1.54) is 21.9 Å². The molecule has 1 N–H and O–H groups in total. The molecule has 0 unspecified atom stereocenters. The largest absolute Gasteiger partial charge is 0.281 e. The first kappa shape index (κ1) is 14.2. The maximum absolute atomic E-state index is 13.6. The highest BCUT2D eigenvalue weighted by molar-refractivity contribution is 7.92. The van der Waals surface area contributed by atoms with E-state index in [4.69, 9.17) is 11.6 Å². The van der Waals surface area contributed by atoms with Gasteiger partial charge < -0.3 is 0 Å². The predicted molar refractivity (Wildman–Crippen MR) is 75.2 cm³/mol. The van der Waals surface area contributed by atoms with Gasteiger partial charge in [-0.25, -0.2) is 13.8 Å². The van der Waals surface area contributed by atoms with E-state index in [1.807, 2.05) is 4.72 Å². The number of thiazole rings is 1. The molecule has 0 saturated heterocycles. The quantitative estimate of drug-likeness (QED) is 0.790. The molecular formula is C11H6ClF2N3O2S2. The molecule has 0 aliphatic rings. The van der Waals surface area contributed by atoms with Gasteiger partial charge in [-0.2, -0.15) is 8.42 Å². The molecule has 2 heterocycles. The normalized spacial score (nSPS) is 12.0. The first-order chi connectivity index (χ1) is 9.88. The number of imidazole rings is 1. The van der Waals surface area contributed by atoms with Crippen LogP contribution in [0.1, 0.15) is 0 Å². The van der Waals surface area contributed by atoms with Crippen LogP contribution < -0.4 is 4.72 Å². The molecule has 110 valence electrons. The van der Waals surface area contributed by atoms with E-state index in [0.717, 1.165) is 12.1 Å². The van der Waals surface area contributed by atoms with Crippen LogP contribution in [0.25, 0.3) is 4.96 Å². The summed E-state index contributed by atoms with van der Waals surface area (Å²) in [7, 11) is -4.17. The molecule has 0 radical (unpaired) electrons. The third kappa shape index (κ3) is 2.47. The first-order valence-corrected chi connectivity index (χ1v) is 8.21. The maximum atomic E-state index is 13.6. The summed E-state index contributed by atoms with van der Waals surface area (Å²) in [5.74, 6) is -1.83. The minimum absolute atomic E-state index is 0.225. The number of halogens is 3. The summed E-state index contributed by atoms with van der Waals surface area (Å²) in [6, 6.07) is 2.51. The lowest BCUT2D eigenvalue weighted by molar-refractivity contribution is 0.582. The molecule has 21 heavy (non-hydrogen) atoms. The Hall–Kier alpha value is -1.71. The average Bonchev–Trinajstić information content (AvgIpc) is 2.91. The van der Waals surface area contributed by atoms with E-state index < -0.39 is 21.7 Å². The fourth-order valence-corrected chi connectivity index (χ4v) is 4.27. The number of benzene rings is 1. The second kappa shape index (κ2) is 4.93. The Morgan fingerprint density at radius 1 is 1.33 bits per heavy atom. The summed E-state index contributed by atoms with van der Waals surface area (Å²) >= 11 is 7.03. The molecule has 3 rings (SSSR count). The van der Waals surface area contributed by atoms with Crippen molar-refractivity contribution in [2.75, 3.05) is 4.72 Å². The maximum Gasteiger partial charge on any atom is 0.281 e. The van der Waals surface area contributed by atoms with Crippen LogP contribution >= 0.6 is 22.9 Å². The number of hydrogen-bond donors (Lipinski definition) is 1. The number of hydrogen-bond acceptors (Lipinski definition) is 4. The smallest absolute Gasteiger partial charge is 0.278 e. The monoisotopic (exact) mass is 349 g/mol. The third-order valence-electron chi connectivity index (χ3n) is 2.61. The Bertz CT molecular complexity index is 936. The first-order valence-electron chi connectivity index (χ1n) is 5.47. The average molecular weight is 350 g/mol. The number of sulfonamides is 1. The second-order valence-corrected chi connectivity index (χ2v) is 6.82. The Balaban J connectivity index is 2.08. The van der Waals surface area contributed by atoms with Gasteiger partial charge in [-0.3, -0.25) is 9.12 Å². The Morgan fingerprint density at radius 2 is 2.10 bits per heavy atom. The van der Waals surface area contributed by atoms with Crippen LogP contribution in [-0.4, -0.2) is 17.8 Å². The van der Waals surface area contributed by atoms with Gasteiger partial charge in [-0.1, -0.05) is 11.6 Å². The third-order valence-corrected chi connectivity index (χ3v) is 5.13. The van der Waals surface area contributed by atoms with E-state index in [2.05, 4.69) is 4.98 Å². The van der Waals surface area contributed by atoms with E-state index in [0.29, 0.717) is 11.0 Å². The molecule has 0 aliphatic heterocycles. The second-order valence-electron chi connectivity index (χ2n) is 3.99. The van der Waals surface area contributed by atoms with E-state index in [1.54, 1.807) is 5.38 Å². The molecule has 0 spiro atoms. The summed E-state index contributed by atoms with van der Waals surface area (Å²) in [5.41, 5.74) is -0.377. The van der Waals surface area contributed by atoms with Crippen LogP contribution in [0.2, 0.25) is 5.15 Å². The lowest BCUT2D eigenvalue weighted by Gasteiger charge is -2.08. The number of nitrogens with zero attached hydrogens (tertiary/aromatic N) is 2. The van der Waals surface area contributed by atoms with Crippen LogP contribution in [0.4, 0.5) is 14.5 Å². The van der Waals surface area contributed by atoms with Crippen molar-refractivity contribution in [3.8, 4) is 0 Å². The van der Waals surface area contributed by atoms with Gasteiger partial charge in [0, 0.05) is 17.6 Å². The number of aromatic nitrogens is 2. The molecule has 2 aromatic heterocycles. The van der Waals surface area contributed by atoms with Gasteiger partial charge in [-0.05, 0) is 12.1 Å². The van der Waals surface area contributed by atoms with Crippen LogP contribution in [-0.2, 0) is 10.0 Å². The van der Waals surface area contributed by atoms with Gasteiger partial charge in [0.2, 0.25) is 0 Å². The van der Waals surface area contributed by atoms with Gasteiger partial charge >= 0.3 is 0 Å². The molecule has 0 aliphatic carbocycles. The van der Waals surface area contributed by atoms with Gasteiger partial charge in [0.1, 0.15) is 11.6 Å². The summed E-state index contributed by atoms with van der Waals surface area (Å²) in [5, 5.41) is 1.11. The number of anilines is 1. The van der Waals surface area contributed by atoms with Crippen molar-refractivity contribution in [2.45, 2.75) is 5.03 Å². The van der Waals surface area contributed by atoms with Crippen LogP contribution in [0.3, 0.4) is 0 Å². The van der Waals surface area contributed by atoms with Crippen molar-refractivity contribution in [3.63, 3.8) is 0 Å². The highest BCUT2D eigenvalue weighted by Gasteiger charge is 2.26. The predicted octanol–water partition coefficient (Wildman–Crippen LogP) is 3.13. The summed E-state index contributed by atoms with van der Waals surface area (Å²) in [6.45, 7) is 0. The van der Waals surface area contributed by atoms with Crippen molar-refractivity contribution >= 4 is 43.6 Å². The number of nitrogens with one attached hydrogen (secondary N) is 1. The van der Waals surface area contributed by atoms with Crippen LogP contribution in [0, 0.1) is 11.6 Å². The number of fused-ring (bicyclic) bond motifs is 1. The SMILES string of the molecule is O=S(=O)(Nc1ccc(F)cc1F)c1c(Cl)nc2sccn12. The summed E-state index contributed by atoms with van der Waals surface area (Å²) in [4.78, 5) is 4.28. The molecule has 0 bridgehead atoms. The van der Waals surface area contributed by atoms with E-state index in [-0.39, 0.29) is 15.9 Å². The van der Waals surface area contributed by atoms with Crippen molar-refractivity contribution in [1.82, 2.24) is 9.38 Å². The number of rotatable bonds is 3. The summed E-state index contributed by atoms with van der Waals surface area (Å²) in [6.07, 6.45) is 1.48. The van der Waals surface area contributed by atoms with Crippen molar-refractivity contribution < 1.29 is 17.2 Å². The molecule has 3 aromatic rings. The molecule has 10 heteroatoms. The van der Waals surface area contributed by atoms with Gasteiger partial charge in [0.15, 0.2) is 15.1 Å². The zero-order valence-electron chi connectivity index (χ0n) is 10.0. The lowest BCUT2D eigenvalue weighted by Crippen LogP contribution is -2.16. The Kier molecular flexibility index (Phi) is 3.34. The molecule has 0 saturated carbocycles. The van der Waals surface area contributed by atoms with Gasteiger partial charge in [0.05, 0.1) is 5.69 Å². The highest BCUT2D eigenvalue weighted by Crippen LogP contribution is 2.27. The lowest BCUT2D eigenvalue weighted by atomic mass is 10.3.